The fourth-order valence-electron chi connectivity index (χ4n) is 2.21. The fraction of sp³-hybridized carbons (Fsp3) is 0.600. The van der Waals surface area contributed by atoms with E-state index in [0.29, 0.717) is 5.56 Å². The van der Waals surface area contributed by atoms with E-state index in [1.807, 2.05) is 6.92 Å². The molecule has 0 amide bonds. The van der Waals surface area contributed by atoms with Crippen molar-refractivity contribution >= 4 is 10.0 Å². The van der Waals surface area contributed by atoms with Gasteiger partial charge in [0.2, 0.25) is 10.0 Å². The van der Waals surface area contributed by atoms with Gasteiger partial charge < -0.3 is 5.73 Å². The Kier molecular flexibility index (Phi) is 7.28. The molecule has 4 nitrogen and oxygen atoms in total. The zero-order chi connectivity index (χ0) is 15.9. The quantitative estimate of drug-likeness (QED) is 0.688. The summed E-state index contributed by atoms with van der Waals surface area (Å²) < 4.78 is 40.6. The minimum atomic E-state index is -3.74. The molecule has 1 atom stereocenters. The Hall–Kier alpha value is -0.980. The standard InChI is InChI=1S/C15H25FN2O2S/c1-3-4-5-6-7-12(2)18-21(19,20)15-10-14(16)9-8-13(15)11-17/h8-10,12,18H,3-7,11,17H2,1-2H3. The van der Waals surface area contributed by atoms with Crippen LogP contribution < -0.4 is 10.5 Å². The predicted octanol–water partition coefficient (Wildman–Crippen LogP) is 2.92. The highest BCUT2D eigenvalue weighted by molar-refractivity contribution is 7.89. The molecule has 0 bridgehead atoms. The Morgan fingerprint density at radius 3 is 2.62 bits per heavy atom. The van der Waals surface area contributed by atoms with Gasteiger partial charge in [0.1, 0.15) is 5.82 Å². The van der Waals surface area contributed by atoms with E-state index in [-0.39, 0.29) is 17.5 Å². The Morgan fingerprint density at radius 2 is 2.00 bits per heavy atom. The van der Waals surface area contributed by atoms with Crippen LogP contribution in [0.2, 0.25) is 0 Å². The van der Waals surface area contributed by atoms with Crippen LogP contribution in [-0.4, -0.2) is 14.5 Å². The molecule has 0 saturated carbocycles. The summed E-state index contributed by atoms with van der Waals surface area (Å²) in [6.07, 6.45) is 5.14. The summed E-state index contributed by atoms with van der Waals surface area (Å²) >= 11 is 0. The van der Waals surface area contributed by atoms with Crippen LogP contribution in [0.5, 0.6) is 0 Å². The second-order valence-corrected chi connectivity index (χ2v) is 7.01. The van der Waals surface area contributed by atoms with E-state index in [1.54, 1.807) is 0 Å². The highest BCUT2D eigenvalue weighted by Gasteiger charge is 2.21. The third kappa shape index (κ3) is 5.73. The van der Waals surface area contributed by atoms with Crippen molar-refractivity contribution in [1.82, 2.24) is 4.72 Å². The van der Waals surface area contributed by atoms with Crippen molar-refractivity contribution in [2.45, 2.75) is 63.4 Å². The average molecular weight is 316 g/mol. The third-order valence-corrected chi connectivity index (χ3v) is 5.06. The Bertz CT molecular complexity index is 547. The monoisotopic (exact) mass is 316 g/mol. The van der Waals surface area contributed by atoms with E-state index >= 15 is 0 Å². The Morgan fingerprint density at radius 1 is 1.29 bits per heavy atom. The Balaban J connectivity index is 2.75. The number of nitrogens with one attached hydrogen (secondary N) is 1. The van der Waals surface area contributed by atoms with Gasteiger partial charge in [0.05, 0.1) is 4.90 Å². The predicted molar refractivity (Wildman–Crippen MR) is 82.8 cm³/mol. The van der Waals surface area contributed by atoms with Gasteiger partial charge in [-0.25, -0.2) is 17.5 Å². The van der Waals surface area contributed by atoms with E-state index in [9.17, 15) is 12.8 Å². The number of sulfonamides is 1. The Labute approximate surface area is 127 Å². The van der Waals surface area contributed by atoms with Gasteiger partial charge in [-0.2, -0.15) is 0 Å². The van der Waals surface area contributed by atoms with Crippen LogP contribution in [0.4, 0.5) is 4.39 Å². The minimum Gasteiger partial charge on any atom is -0.326 e. The maximum Gasteiger partial charge on any atom is 0.241 e. The number of halogens is 1. The molecule has 21 heavy (non-hydrogen) atoms. The zero-order valence-corrected chi connectivity index (χ0v) is 13.5. The third-order valence-electron chi connectivity index (χ3n) is 3.39. The van der Waals surface area contributed by atoms with Crippen molar-refractivity contribution in [3.63, 3.8) is 0 Å². The molecular weight excluding hydrogens is 291 g/mol. The molecule has 3 N–H and O–H groups in total. The molecule has 1 unspecified atom stereocenters. The van der Waals surface area contributed by atoms with Gasteiger partial charge in [-0.3, -0.25) is 0 Å². The average Bonchev–Trinajstić information content (AvgIpc) is 2.43. The minimum absolute atomic E-state index is 0.0569. The van der Waals surface area contributed by atoms with E-state index in [2.05, 4.69) is 11.6 Å². The lowest BCUT2D eigenvalue weighted by Gasteiger charge is -2.16. The van der Waals surface area contributed by atoms with Gasteiger partial charge in [0, 0.05) is 12.6 Å². The summed E-state index contributed by atoms with van der Waals surface area (Å²) in [5, 5.41) is 0. The van der Waals surface area contributed by atoms with Crippen LogP contribution in [0, 0.1) is 5.82 Å². The van der Waals surface area contributed by atoms with Crippen molar-refractivity contribution in [2.24, 2.45) is 5.73 Å². The first-order chi connectivity index (χ1) is 9.90. The first kappa shape index (κ1) is 18.1. The van der Waals surface area contributed by atoms with Crippen LogP contribution in [-0.2, 0) is 16.6 Å². The molecule has 0 aliphatic carbocycles. The molecule has 0 saturated heterocycles. The second kappa shape index (κ2) is 8.46. The first-order valence-electron chi connectivity index (χ1n) is 7.41. The topological polar surface area (TPSA) is 72.2 Å². The lowest BCUT2D eigenvalue weighted by molar-refractivity contribution is 0.520. The van der Waals surface area contributed by atoms with E-state index in [1.165, 1.54) is 12.1 Å². The molecule has 0 aliphatic heterocycles. The fourth-order valence-corrected chi connectivity index (χ4v) is 3.75. The van der Waals surface area contributed by atoms with Crippen molar-refractivity contribution in [3.05, 3.63) is 29.6 Å². The SMILES string of the molecule is CCCCCCC(C)NS(=O)(=O)c1cc(F)ccc1CN. The highest BCUT2D eigenvalue weighted by atomic mass is 32.2. The molecule has 1 rings (SSSR count). The van der Waals surface area contributed by atoms with Gasteiger partial charge in [0.25, 0.3) is 0 Å². The second-order valence-electron chi connectivity index (χ2n) is 5.33. The van der Waals surface area contributed by atoms with E-state index in [4.69, 9.17) is 5.73 Å². The first-order valence-corrected chi connectivity index (χ1v) is 8.89. The summed E-state index contributed by atoms with van der Waals surface area (Å²) in [7, 11) is -3.74. The molecule has 0 fully saturated rings. The number of unbranched alkanes of at least 4 members (excludes halogenated alkanes) is 3. The molecule has 0 spiro atoms. The smallest absolute Gasteiger partial charge is 0.241 e. The van der Waals surface area contributed by atoms with Crippen molar-refractivity contribution < 1.29 is 12.8 Å². The number of hydrogen-bond acceptors (Lipinski definition) is 3. The highest BCUT2D eigenvalue weighted by Crippen LogP contribution is 2.18. The molecule has 0 radical (unpaired) electrons. The lowest BCUT2D eigenvalue weighted by atomic mass is 10.1. The molecule has 6 heteroatoms. The van der Waals surface area contributed by atoms with Crippen LogP contribution in [0.25, 0.3) is 0 Å². The van der Waals surface area contributed by atoms with Crippen molar-refractivity contribution in [3.8, 4) is 0 Å². The lowest BCUT2D eigenvalue weighted by Crippen LogP contribution is -2.33. The molecule has 0 heterocycles. The van der Waals surface area contributed by atoms with E-state index in [0.717, 1.165) is 38.2 Å². The molecule has 120 valence electrons. The maximum atomic E-state index is 13.3. The van der Waals surface area contributed by atoms with Gasteiger partial charge in [0.15, 0.2) is 0 Å². The summed E-state index contributed by atoms with van der Waals surface area (Å²) in [6.45, 7) is 4.01. The van der Waals surface area contributed by atoms with Crippen LogP contribution >= 0.6 is 0 Å². The van der Waals surface area contributed by atoms with Crippen LogP contribution in [0.1, 0.15) is 51.5 Å². The zero-order valence-electron chi connectivity index (χ0n) is 12.7. The van der Waals surface area contributed by atoms with Crippen LogP contribution in [0.3, 0.4) is 0 Å². The van der Waals surface area contributed by atoms with Gasteiger partial charge in [-0.1, -0.05) is 38.7 Å². The van der Waals surface area contributed by atoms with Crippen molar-refractivity contribution in [1.29, 1.82) is 0 Å². The van der Waals surface area contributed by atoms with Crippen LogP contribution in [0.15, 0.2) is 23.1 Å². The largest absolute Gasteiger partial charge is 0.326 e. The molecule has 1 aromatic rings. The number of hydrogen-bond donors (Lipinski definition) is 2. The molecule has 0 aromatic heterocycles. The normalized spacial score (nSPS) is 13.3. The van der Waals surface area contributed by atoms with E-state index < -0.39 is 15.8 Å². The number of rotatable bonds is 9. The van der Waals surface area contributed by atoms with Gasteiger partial charge in [-0.15, -0.1) is 0 Å². The summed E-state index contributed by atoms with van der Waals surface area (Å²) in [4.78, 5) is -0.0644. The number of nitrogens with two attached hydrogens (primary N) is 1. The van der Waals surface area contributed by atoms with Gasteiger partial charge in [-0.05, 0) is 31.0 Å². The summed E-state index contributed by atoms with van der Waals surface area (Å²) in [5.74, 6) is -0.580. The number of benzene rings is 1. The molecule has 0 aliphatic rings. The summed E-state index contributed by atoms with van der Waals surface area (Å²) in [5.41, 5.74) is 5.95. The maximum absolute atomic E-state index is 13.3. The van der Waals surface area contributed by atoms with Gasteiger partial charge >= 0.3 is 0 Å². The molecular formula is C15H25FN2O2S. The molecule has 1 aromatic carbocycles. The van der Waals surface area contributed by atoms with Crippen molar-refractivity contribution in [2.75, 3.05) is 0 Å². The summed E-state index contributed by atoms with van der Waals surface area (Å²) in [6, 6.07) is 3.47.